The van der Waals surface area contributed by atoms with Crippen molar-refractivity contribution in [3.63, 3.8) is 0 Å². The van der Waals surface area contributed by atoms with Crippen molar-refractivity contribution in [3.8, 4) is 0 Å². The number of aryl methyl sites for hydroxylation is 2. The lowest BCUT2D eigenvalue weighted by Crippen LogP contribution is -2.51. The van der Waals surface area contributed by atoms with Crippen LogP contribution >= 0.6 is 0 Å². The molecule has 0 radical (unpaired) electrons. The molecule has 2 saturated heterocycles. The van der Waals surface area contributed by atoms with Crippen molar-refractivity contribution < 1.29 is 4.79 Å². The van der Waals surface area contributed by atoms with E-state index in [0.717, 1.165) is 39.0 Å². The fourth-order valence-electron chi connectivity index (χ4n) is 7.85. The average molecular weight is 429 g/mol. The largest absolute Gasteiger partial charge is 0.341 e. The van der Waals surface area contributed by atoms with Gasteiger partial charge in [-0.1, -0.05) is 36.4 Å². The molecule has 32 heavy (non-hydrogen) atoms. The van der Waals surface area contributed by atoms with Crippen molar-refractivity contribution in [3.05, 3.63) is 69.8 Å². The van der Waals surface area contributed by atoms with Gasteiger partial charge in [-0.25, -0.2) is 0 Å². The van der Waals surface area contributed by atoms with E-state index in [1.807, 2.05) is 0 Å². The number of piperidine rings is 1. The number of carbonyl (C=O) groups excluding carboxylic acids is 1. The number of rotatable bonds is 2. The molecule has 2 aromatic carbocycles. The minimum absolute atomic E-state index is 0.177. The maximum atomic E-state index is 13.2. The number of amides is 1. The average Bonchev–Trinajstić information content (AvgIpc) is 3.43. The van der Waals surface area contributed by atoms with Crippen LogP contribution in [0.2, 0.25) is 0 Å². The second-order valence-corrected chi connectivity index (χ2v) is 11.3. The van der Waals surface area contributed by atoms with Gasteiger partial charge in [0, 0.05) is 36.9 Å². The Morgan fingerprint density at radius 1 is 0.906 bits per heavy atom. The number of benzene rings is 2. The van der Waals surface area contributed by atoms with Gasteiger partial charge in [-0.3, -0.25) is 4.79 Å². The van der Waals surface area contributed by atoms with Crippen LogP contribution in [0.5, 0.6) is 0 Å². The molecule has 3 unspecified atom stereocenters. The van der Waals surface area contributed by atoms with Gasteiger partial charge in [0.2, 0.25) is 5.91 Å². The fourth-order valence-corrected chi connectivity index (χ4v) is 7.85. The Kier molecular flexibility index (Phi) is 4.60. The van der Waals surface area contributed by atoms with Crippen molar-refractivity contribution >= 4 is 5.91 Å². The molecule has 1 amide bonds. The Morgan fingerprint density at radius 2 is 1.62 bits per heavy atom. The maximum absolute atomic E-state index is 13.2. The lowest BCUT2D eigenvalue weighted by Gasteiger charge is -2.44. The summed E-state index contributed by atoms with van der Waals surface area (Å²) in [4.78, 5) is 18.0. The van der Waals surface area contributed by atoms with Crippen LogP contribution in [0.4, 0.5) is 0 Å². The van der Waals surface area contributed by atoms with Gasteiger partial charge in [0.05, 0.1) is 0 Å². The number of fused-ring (bicyclic) bond motifs is 4. The summed E-state index contributed by atoms with van der Waals surface area (Å²) in [7, 11) is 2.26. The van der Waals surface area contributed by atoms with Crippen LogP contribution in [0.1, 0.15) is 59.1 Å². The summed E-state index contributed by atoms with van der Waals surface area (Å²) >= 11 is 0. The van der Waals surface area contributed by atoms with Crippen molar-refractivity contribution in [1.29, 1.82) is 0 Å². The highest BCUT2D eigenvalue weighted by Crippen LogP contribution is 2.51. The second-order valence-electron chi connectivity index (χ2n) is 11.3. The topological polar surface area (TPSA) is 23.6 Å². The number of likely N-dealkylation sites (N-methyl/N-ethyl adjacent to an activating group) is 1. The summed E-state index contributed by atoms with van der Waals surface area (Å²) < 4.78 is 0. The van der Waals surface area contributed by atoms with Crippen LogP contribution in [0.3, 0.4) is 0 Å². The van der Waals surface area contributed by atoms with Crippen LogP contribution in [-0.2, 0) is 28.5 Å². The van der Waals surface area contributed by atoms with Crippen LogP contribution < -0.4 is 0 Å². The molecule has 4 aliphatic rings. The molecule has 0 saturated carbocycles. The second kappa shape index (κ2) is 7.18. The van der Waals surface area contributed by atoms with E-state index >= 15 is 0 Å². The molecule has 2 spiro atoms. The summed E-state index contributed by atoms with van der Waals surface area (Å²) in [6.45, 7) is 8.65. The predicted molar refractivity (Wildman–Crippen MR) is 129 cm³/mol. The first-order chi connectivity index (χ1) is 15.4. The lowest BCUT2D eigenvalue weighted by atomic mass is 9.72. The Hall–Kier alpha value is -2.13. The third-order valence-corrected chi connectivity index (χ3v) is 9.61. The Labute approximate surface area is 192 Å². The van der Waals surface area contributed by atoms with Crippen LogP contribution in [0, 0.1) is 19.8 Å². The van der Waals surface area contributed by atoms with Gasteiger partial charge in [-0.05, 0) is 98.8 Å². The van der Waals surface area contributed by atoms with Gasteiger partial charge in [0.25, 0.3) is 0 Å². The van der Waals surface area contributed by atoms with Gasteiger partial charge in [-0.2, -0.15) is 0 Å². The molecule has 2 heterocycles. The van der Waals surface area contributed by atoms with E-state index < -0.39 is 0 Å². The molecular formula is C29H36N2O. The summed E-state index contributed by atoms with van der Waals surface area (Å²) in [5.41, 5.74) is 9.48. The van der Waals surface area contributed by atoms with Crippen LogP contribution in [-0.4, -0.2) is 48.9 Å². The smallest absolute Gasteiger partial charge is 0.222 e. The monoisotopic (exact) mass is 428 g/mol. The van der Waals surface area contributed by atoms with Crippen LogP contribution in [0.15, 0.2) is 36.4 Å². The summed E-state index contributed by atoms with van der Waals surface area (Å²) in [5, 5.41) is 0. The molecule has 2 aromatic rings. The van der Waals surface area contributed by atoms with E-state index in [1.165, 1.54) is 36.0 Å². The molecule has 2 aliphatic heterocycles. The molecule has 0 bridgehead atoms. The lowest BCUT2D eigenvalue weighted by molar-refractivity contribution is -0.136. The predicted octanol–water partition coefficient (Wildman–Crippen LogP) is 4.56. The third kappa shape index (κ3) is 2.86. The minimum Gasteiger partial charge on any atom is -0.341 e. The molecule has 0 N–H and O–H groups in total. The maximum Gasteiger partial charge on any atom is 0.222 e. The van der Waals surface area contributed by atoms with E-state index in [2.05, 4.69) is 67.1 Å². The Bertz CT molecular complexity index is 1090. The minimum atomic E-state index is 0.177. The highest BCUT2D eigenvalue weighted by molar-refractivity contribution is 5.78. The van der Waals surface area contributed by atoms with Crippen molar-refractivity contribution in [2.45, 2.75) is 63.2 Å². The first-order valence-corrected chi connectivity index (χ1v) is 12.6. The number of likely N-dealkylation sites (tertiary alicyclic amines) is 2. The highest BCUT2D eigenvalue weighted by Gasteiger charge is 2.52. The molecule has 3 heteroatoms. The number of nitrogens with zero attached hydrogens (tertiary/aromatic N) is 2. The quantitative estimate of drug-likeness (QED) is 0.700. The fraction of sp³-hybridized carbons (Fsp3) is 0.552. The standard InChI is InChI=1S/C29H36N2O/c1-20-6-4-8-25-23(20)10-12-28(25)13-11-27(32)31(18-28)17-22-16-24-21(2)7-5-9-26(24)29(22)14-15-30(3)19-29/h4-9,22H,10-19H2,1-3H3. The van der Waals surface area contributed by atoms with E-state index in [9.17, 15) is 4.79 Å². The highest BCUT2D eigenvalue weighted by atomic mass is 16.2. The molecule has 3 atom stereocenters. The van der Waals surface area contributed by atoms with Crippen LogP contribution in [0.25, 0.3) is 0 Å². The molecule has 168 valence electrons. The van der Waals surface area contributed by atoms with Gasteiger partial charge in [0.15, 0.2) is 0 Å². The van der Waals surface area contributed by atoms with E-state index in [-0.39, 0.29) is 10.8 Å². The number of hydrogen-bond donors (Lipinski definition) is 0. The SMILES string of the molecule is Cc1cccc2c1CCC21CCC(=O)N(CC2Cc3c(C)cccc3C23CCN(C)C3)C1. The first kappa shape index (κ1) is 20.5. The molecule has 6 rings (SSSR count). The zero-order valence-corrected chi connectivity index (χ0v) is 19.9. The molecule has 3 nitrogen and oxygen atoms in total. The molecule has 2 aliphatic carbocycles. The first-order valence-electron chi connectivity index (χ1n) is 12.6. The van der Waals surface area contributed by atoms with Crippen molar-refractivity contribution in [2.75, 3.05) is 33.2 Å². The molecule has 2 fully saturated rings. The van der Waals surface area contributed by atoms with Crippen molar-refractivity contribution in [2.24, 2.45) is 5.92 Å². The Balaban J connectivity index is 1.32. The zero-order chi connectivity index (χ0) is 22.1. The van der Waals surface area contributed by atoms with E-state index in [1.54, 1.807) is 16.7 Å². The summed E-state index contributed by atoms with van der Waals surface area (Å²) in [6, 6.07) is 13.7. The number of hydrogen-bond acceptors (Lipinski definition) is 2. The zero-order valence-electron chi connectivity index (χ0n) is 19.9. The normalized spacial score (nSPS) is 31.7. The van der Waals surface area contributed by atoms with Crippen molar-refractivity contribution in [1.82, 2.24) is 9.80 Å². The van der Waals surface area contributed by atoms with Gasteiger partial charge in [-0.15, -0.1) is 0 Å². The molecule has 0 aromatic heterocycles. The van der Waals surface area contributed by atoms with E-state index in [4.69, 9.17) is 0 Å². The summed E-state index contributed by atoms with van der Waals surface area (Å²) in [6.07, 6.45) is 6.46. The number of carbonyl (C=O) groups is 1. The third-order valence-electron chi connectivity index (χ3n) is 9.61. The van der Waals surface area contributed by atoms with Gasteiger partial charge in [0.1, 0.15) is 0 Å². The Morgan fingerprint density at radius 3 is 2.38 bits per heavy atom. The van der Waals surface area contributed by atoms with E-state index in [0.29, 0.717) is 18.2 Å². The molecular weight excluding hydrogens is 392 g/mol. The van der Waals surface area contributed by atoms with Gasteiger partial charge < -0.3 is 9.80 Å². The van der Waals surface area contributed by atoms with Gasteiger partial charge >= 0.3 is 0 Å². The summed E-state index contributed by atoms with van der Waals surface area (Å²) in [5.74, 6) is 0.909.